The van der Waals surface area contributed by atoms with Crippen molar-refractivity contribution >= 4 is 34.1 Å². The Bertz CT molecular complexity index is 1320. The van der Waals surface area contributed by atoms with Crippen LogP contribution in [0.3, 0.4) is 0 Å². The quantitative estimate of drug-likeness (QED) is 0.355. The van der Waals surface area contributed by atoms with Crippen molar-refractivity contribution in [2.75, 3.05) is 0 Å². The van der Waals surface area contributed by atoms with Crippen molar-refractivity contribution < 1.29 is 0 Å². The number of aryl methyl sites for hydroxylation is 3. The molecule has 0 amide bonds. The highest BCUT2D eigenvalue weighted by atomic mass is 32.2. The van der Waals surface area contributed by atoms with Gasteiger partial charge in [-0.15, -0.1) is 5.10 Å². The normalized spacial score (nSPS) is 11.8. The highest BCUT2D eigenvalue weighted by Gasteiger charge is 2.13. The van der Waals surface area contributed by atoms with E-state index in [1.54, 1.807) is 11.8 Å². The van der Waals surface area contributed by atoms with Crippen LogP contribution in [0.4, 0.5) is 0 Å². The van der Waals surface area contributed by atoms with Gasteiger partial charge in [0.2, 0.25) is 5.78 Å². The molecule has 0 bridgehead atoms. The first kappa shape index (κ1) is 16.2. The molecule has 0 unspecified atom stereocenters. The molecule has 4 aromatic heterocycles. The summed E-state index contributed by atoms with van der Waals surface area (Å²) in [4.78, 5) is 18.5. The van der Waals surface area contributed by atoms with Crippen LogP contribution in [0.2, 0.25) is 0 Å². The molecule has 5 aromatic rings. The van der Waals surface area contributed by atoms with Crippen LogP contribution in [0, 0.1) is 20.8 Å². The molecule has 134 valence electrons. The number of rotatable bonds is 3. The smallest absolute Gasteiger partial charge is 0.234 e. The number of hydrogen-bond donors (Lipinski definition) is 0. The molecule has 0 aliphatic carbocycles. The van der Waals surface area contributed by atoms with E-state index in [0.717, 1.165) is 50.4 Å². The number of aromatic nitrogens is 7. The number of para-hydroxylation sites is 1. The molecule has 0 fully saturated rings. The van der Waals surface area contributed by atoms with Crippen molar-refractivity contribution in [3.05, 3.63) is 59.4 Å². The van der Waals surface area contributed by atoms with E-state index in [1.165, 1.54) is 0 Å². The molecule has 1 aromatic carbocycles. The third-order valence-corrected chi connectivity index (χ3v) is 5.38. The predicted molar refractivity (Wildman–Crippen MR) is 105 cm³/mol. The maximum Gasteiger partial charge on any atom is 0.234 e. The second-order valence-electron chi connectivity index (χ2n) is 6.54. The standard InChI is InChI=1S/C19H17N7S/c1-11-8-12(2)25-9-14(22-18(25)20-11)10-27-19-23-16-7-5-4-6-15(16)17-21-13(3)24-26(17)19/h4-9H,10H2,1-3H3. The summed E-state index contributed by atoms with van der Waals surface area (Å²) < 4.78 is 3.84. The van der Waals surface area contributed by atoms with Gasteiger partial charge in [-0.2, -0.15) is 4.52 Å². The van der Waals surface area contributed by atoms with E-state index in [-0.39, 0.29) is 0 Å². The molecule has 27 heavy (non-hydrogen) atoms. The Morgan fingerprint density at radius 1 is 1.00 bits per heavy atom. The molecule has 0 saturated carbocycles. The van der Waals surface area contributed by atoms with Gasteiger partial charge < -0.3 is 0 Å². The van der Waals surface area contributed by atoms with Gasteiger partial charge in [0.25, 0.3) is 0 Å². The second-order valence-corrected chi connectivity index (χ2v) is 7.48. The molecule has 7 nitrogen and oxygen atoms in total. The summed E-state index contributed by atoms with van der Waals surface area (Å²) in [7, 11) is 0. The molecule has 0 atom stereocenters. The third kappa shape index (κ3) is 2.73. The van der Waals surface area contributed by atoms with Crippen LogP contribution in [-0.4, -0.2) is 34.0 Å². The van der Waals surface area contributed by atoms with E-state index in [4.69, 9.17) is 4.98 Å². The fraction of sp³-hybridized carbons (Fsp3) is 0.211. The molecule has 4 heterocycles. The second kappa shape index (κ2) is 6.02. The van der Waals surface area contributed by atoms with Gasteiger partial charge >= 0.3 is 0 Å². The van der Waals surface area contributed by atoms with E-state index >= 15 is 0 Å². The zero-order valence-electron chi connectivity index (χ0n) is 15.2. The van der Waals surface area contributed by atoms with Gasteiger partial charge in [-0.05, 0) is 39.0 Å². The first-order chi connectivity index (χ1) is 13.1. The Kier molecular flexibility index (Phi) is 3.61. The number of fused-ring (bicyclic) bond motifs is 4. The van der Waals surface area contributed by atoms with Crippen molar-refractivity contribution in [2.24, 2.45) is 0 Å². The fourth-order valence-corrected chi connectivity index (χ4v) is 4.08. The van der Waals surface area contributed by atoms with Gasteiger partial charge in [-0.3, -0.25) is 4.40 Å². The molecule has 0 aliphatic rings. The van der Waals surface area contributed by atoms with E-state index in [9.17, 15) is 0 Å². The molecule has 0 radical (unpaired) electrons. The number of thioether (sulfide) groups is 1. The Hall–Kier alpha value is -3.00. The zero-order chi connectivity index (χ0) is 18.5. The SMILES string of the molecule is Cc1cc(C)n2cc(CSc3nc4ccccc4c4nc(C)nn34)nc2n1. The number of nitrogens with zero attached hydrogens (tertiary/aromatic N) is 7. The summed E-state index contributed by atoms with van der Waals surface area (Å²) in [6, 6.07) is 10.1. The molecule has 5 rings (SSSR count). The lowest BCUT2D eigenvalue weighted by atomic mass is 10.2. The molecule has 0 spiro atoms. The average Bonchev–Trinajstić information content (AvgIpc) is 3.23. The van der Waals surface area contributed by atoms with Gasteiger partial charge in [0.05, 0.1) is 11.2 Å². The van der Waals surface area contributed by atoms with Crippen LogP contribution in [0.5, 0.6) is 0 Å². The summed E-state index contributed by atoms with van der Waals surface area (Å²) in [5, 5.41) is 6.34. The molecule has 8 heteroatoms. The first-order valence-electron chi connectivity index (χ1n) is 8.65. The molecule has 0 aliphatic heterocycles. The summed E-state index contributed by atoms with van der Waals surface area (Å²) in [6.45, 7) is 5.95. The third-order valence-electron chi connectivity index (χ3n) is 4.42. The van der Waals surface area contributed by atoms with Crippen LogP contribution in [0.1, 0.15) is 22.9 Å². The molecular weight excluding hydrogens is 358 g/mol. The van der Waals surface area contributed by atoms with E-state index < -0.39 is 0 Å². The fourth-order valence-electron chi connectivity index (χ4n) is 3.25. The van der Waals surface area contributed by atoms with Crippen LogP contribution < -0.4 is 0 Å². The highest BCUT2D eigenvalue weighted by molar-refractivity contribution is 7.98. The van der Waals surface area contributed by atoms with Gasteiger partial charge in [-0.1, -0.05) is 23.9 Å². The van der Waals surface area contributed by atoms with Crippen molar-refractivity contribution in [1.82, 2.24) is 34.0 Å². The Labute approximate surface area is 159 Å². The van der Waals surface area contributed by atoms with E-state index in [2.05, 4.69) is 33.0 Å². The Morgan fingerprint density at radius 2 is 1.85 bits per heavy atom. The van der Waals surface area contributed by atoms with E-state index in [1.807, 2.05) is 53.2 Å². The van der Waals surface area contributed by atoms with E-state index in [0.29, 0.717) is 5.75 Å². The Morgan fingerprint density at radius 3 is 2.74 bits per heavy atom. The lowest BCUT2D eigenvalue weighted by Crippen LogP contribution is -1.98. The minimum absolute atomic E-state index is 0.682. The molecule has 0 saturated heterocycles. The van der Waals surface area contributed by atoms with Crippen molar-refractivity contribution in [1.29, 1.82) is 0 Å². The number of hydrogen-bond acceptors (Lipinski definition) is 6. The summed E-state index contributed by atoms with van der Waals surface area (Å²) in [5.74, 6) is 2.15. The van der Waals surface area contributed by atoms with Crippen molar-refractivity contribution in [2.45, 2.75) is 31.7 Å². The number of benzene rings is 1. The largest absolute Gasteiger partial charge is 0.288 e. The maximum atomic E-state index is 4.79. The molecular formula is C19H17N7S. The lowest BCUT2D eigenvalue weighted by Gasteiger charge is -2.05. The first-order valence-corrected chi connectivity index (χ1v) is 9.64. The van der Waals surface area contributed by atoms with Crippen LogP contribution in [-0.2, 0) is 5.75 Å². The van der Waals surface area contributed by atoms with Gasteiger partial charge in [0, 0.05) is 28.7 Å². The summed E-state index contributed by atoms with van der Waals surface area (Å²) in [6.07, 6.45) is 2.04. The monoisotopic (exact) mass is 375 g/mol. The average molecular weight is 375 g/mol. The van der Waals surface area contributed by atoms with Crippen LogP contribution >= 0.6 is 11.8 Å². The van der Waals surface area contributed by atoms with Gasteiger partial charge in [0.1, 0.15) is 5.82 Å². The lowest BCUT2D eigenvalue weighted by molar-refractivity contribution is 0.796. The van der Waals surface area contributed by atoms with Crippen molar-refractivity contribution in [3.63, 3.8) is 0 Å². The highest BCUT2D eigenvalue weighted by Crippen LogP contribution is 2.26. The Balaban J connectivity index is 1.55. The van der Waals surface area contributed by atoms with Crippen LogP contribution in [0.15, 0.2) is 41.7 Å². The van der Waals surface area contributed by atoms with Gasteiger partial charge in [0.15, 0.2) is 10.8 Å². The number of imidazole rings is 1. The molecule has 0 N–H and O–H groups in total. The minimum Gasteiger partial charge on any atom is -0.288 e. The van der Waals surface area contributed by atoms with Gasteiger partial charge in [-0.25, -0.2) is 19.9 Å². The topological polar surface area (TPSA) is 73.3 Å². The van der Waals surface area contributed by atoms with Crippen LogP contribution in [0.25, 0.3) is 22.3 Å². The predicted octanol–water partition coefficient (Wildman–Crippen LogP) is 3.54. The zero-order valence-corrected chi connectivity index (χ0v) is 16.0. The summed E-state index contributed by atoms with van der Waals surface area (Å²) >= 11 is 1.60. The minimum atomic E-state index is 0.682. The summed E-state index contributed by atoms with van der Waals surface area (Å²) in [5.41, 5.74) is 4.81. The van der Waals surface area contributed by atoms with Crippen molar-refractivity contribution in [3.8, 4) is 0 Å². The maximum absolute atomic E-state index is 4.79.